The van der Waals surface area contributed by atoms with Gasteiger partial charge in [0.15, 0.2) is 0 Å². The van der Waals surface area contributed by atoms with Gasteiger partial charge in [0.05, 0.1) is 25.0 Å². The highest BCUT2D eigenvalue weighted by Gasteiger charge is 2.16. The SMILES string of the molecule is COc1cccc2ncn(C(C)c3ncc(C)[nH]3)c(=O)c12. The molecule has 0 saturated carbocycles. The Bertz CT molecular complexity index is 850. The number of ether oxygens (including phenoxy) is 1. The standard InChI is InChI=1S/C15H16N4O2/c1-9-7-16-14(18-9)10(2)19-8-17-11-5-4-6-12(21-3)13(11)15(19)20/h4-8,10H,1-3H3,(H,16,18). The van der Waals surface area contributed by atoms with Crippen LogP contribution in [0.15, 0.2) is 35.5 Å². The molecule has 108 valence electrons. The predicted molar refractivity (Wildman–Crippen MR) is 79.7 cm³/mol. The van der Waals surface area contributed by atoms with E-state index in [1.54, 1.807) is 36.3 Å². The number of nitrogens with one attached hydrogen (secondary N) is 1. The average molecular weight is 284 g/mol. The number of nitrogens with zero attached hydrogens (tertiary/aromatic N) is 3. The second kappa shape index (κ2) is 5.05. The van der Waals surface area contributed by atoms with Gasteiger partial charge in [0, 0.05) is 11.9 Å². The second-order valence-electron chi connectivity index (χ2n) is 4.94. The van der Waals surface area contributed by atoms with Crippen molar-refractivity contribution in [2.24, 2.45) is 0 Å². The predicted octanol–water partition coefficient (Wildman–Crippen LogP) is 2.05. The fraction of sp³-hybridized carbons (Fsp3) is 0.267. The summed E-state index contributed by atoms with van der Waals surface area (Å²) in [5, 5.41) is 0.484. The molecule has 0 aliphatic heterocycles. The fourth-order valence-electron chi connectivity index (χ4n) is 2.37. The number of hydrogen-bond donors (Lipinski definition) is 1. The Morgan fingerprint density at radius 1 is 1.33 bits per heavy atom. The number of H-pyrrole nitrogens is 1. The molecule has 21 heavy (non-hydrogen) atoms. The van der Waals surface area contributed by atoms with Gasteiger partial charge in [-0.3, -0.25) is 9.36 Å². The van der Waals surface area contributed by atoms with Crippen LogP contribution in [0.5, 0.6) is 5.75 Å². The molecule has 3 rings (SSSR count). The van der Waals surface area contributed by atoms with Gasteiger partial charge in [-0.25, -0.2) is 9.97 Å². The van der Waals surface area contributed by atoms with Crippen LogP contribution in [-0.4, -0.2) is 26.6 Å². The van der Waals surface area contributed by atoms with E-state index >= 15 is 0 Å². The van der Waals surface area contributed by atoms with E-state index < -0.39 is 0 Å². The van der Waals surface area contributed by atoms with Crippen molar-refractivity contribution >= 4 is 10.9 Å². The molecule has 3 aromatic rings. The quantitative estimate of drug-likeness (QED) is 0.799. The Morgan fingerprint density at radius 3 is 2.81 bits per heavy atom. The molecule has 1 atom stereocenters. The summed E-state index contributed by atoms with van der Waals surface area (Å²) >= 11 is 0. The smallest absolute Gasteiger partial charge is 0.265 e. The molecule has 0 amide bonds. The number of methoxy groups -OCH3 is 1. The van der Waals surface area contributed by atoms with E-state index in [9.17, 15) is 4.79 Å². The number of aryl methyl sites for hydroxylation is 1. The van der Waals surface area contributed by atoms with Crippen molar-refractivity contribution in [3.8, 4) is 5.75 Å². The number of imidazole rings is 1. The number of aromatic amines is 1. The molecule has 0 aliphatic carbocycles. The van der Waals surface area contributed by atoms with Crippen molar-refractivity contribution in [1.82, 2.24) is 19.5 Å². The van der Waals surface area contributed by atoms with Gasteiger partial charge in [-0.2, -0.15) is 0 Å². The van der Waals surface area contributed by atoms with Crippen molar-refractivity contribution in [3.63, 3.8) is 0 Å². The van der Waals surface area contributed by atoms with Crippen molar-refractivity contribution in [1.29, 1.82) is 0 Å². The van der Waals surface area contributed by atoms with Crippen molar-refractivity contribution < 1.29 is 4.74 Å². The summed E-state index contributed by atoms with van der Waals surface area (Å²) in [6, 6.07) is 5.15. The molecule has 1 N–H and O–H groups in total. The number of rotatable bonds is 3. The van der Waals surface area contributed by atoms with Crippen LogP contribution >= 0.6 is 0 Å². The first-order valence-corrected chi connectivity index (χ1v) is 6.67. The third kappa shape index (κ3) is 2.18. The highest BCUT2D eigenvalue weighted by Crippen LogP contribution is 2.21. The maximum atomic E-state index is 12.7. The molecule has 0 fully saturated rings. The molecule has 0 aliphatic rings. The number of benzene rings is 1. The molecule has 0 radical (unpaired) electrons. The Kier molecular flexibility index (Phi) is 3.21. The van der Waals surface area contributed by atoms with Crippen molar-refractivity contribution in [2.75, 3.05) is 7.11 Å². The van der Waals surface area contributed by atoms with E-state index in [4.69, 9.17) is 4.74 Å². The fourth-order valence-corrected chi connectivity index (χ4v) is 2.37. The van der Waals surface area contributed by atoms with E-state index in [2.05, 4.69) is 15.0 Å². The Morgan fingerprint density at radius 2 is 2.14 bits per heavy atom. The maximum absolute atomic E-state index is 12.7. The number of hydrogen-bond acceptors (Lipinski definition) is 4. The van der Waals surface area contributed by atoms with Gasteiger partial charge >= 0.3 is 0 Å². The summed E-state index contributed by atoms with van der Waals surface area (Å²) in [7, 11) is 1.55. The first kappa shape index (κ1) is 13.4. The maximum Gasteiger partial charge on any atom is 0.265 e. The summed E-state index contributed by atoms with van der Waals surface area (Å²) < 4.78 is 6.83. The molecule has 6 heteroatoms. The van der Waals surface area contributed by atoms with Gasteiger partial charge in [-0.15, -0.1) is 0 Å². The Labute approximate surface area is 121 Å². The number of fused-ring (bicyclic) bond motifs is 1. The van der Waals surface area contributed by atoms with Crippen LogP contribution in [0.25, 0.3) is 10.9 Å². The lowest BCUT2D eigenvalue weighted by atomic mass is 10.2. The first-order valence-electron chi connectivity index (χ1n) is 6.67. The highest BCUT2D eigenvalue weighted by atomic mass is 16.5. The van der Waals surface area contributed by atoms with Crippen LogP contribution in [-0.2, 0) is 0 Å². The molecule has 2 aromatic heterocycles. The zero-order chi connectivity index (χ0) is 15.0. The largest absolute Gasteiger partial charge is 0.496 e. The lowest BCUT2D eigenvalue weighted by Crippen LogP contribution is -2.25. The minimum absolute atomic E-state index is 0.140. The average Bonchev–Trinajstić information content (AvgIpc) is 2.93. The molecule has 6 nitrogen and oxygen atoms in total. The van der Waals surface area contributed by atoms with Crippen LogP contribution in [0, 0.1) is 6.92 Å². The molecule has 1 aromatic carbocycles. The van der Waals surface area contributed by atoms with Crippen LogP contribution in [0.1, 0.15) is 24.5 Å². The van der Waals surface area contributed by atoms with E-state index in [0.717, 1.165) is 11.5 Å². The number of aromatic nitrogens is 4. The minimum atomic E-state index is -0.229. The van der Waals surface area contributed by atoms with Gasteiger partial charge in [-0.1, -0.05) is 6.07 Å². The first-order chi connectivity index (χ1) is 10.1. The second-order valence-corrected chi connectivity index (χ2v) is 4.94. The zero-order valence-corrected chi connectivity index (χ0v) is 12.1. The van der Waals surface area contributed by atoms with Crippen molar-refractivity contribution in [3.05, 3.63) is 52.6 Å². The zero-order valence-electron chi connectivity index (χ0n) is 12.1. The monoisotopic (exact) mass is 284 g/mol. The highest BCUT2D eigenvalue weighted by molar-refractivity contribution is 5.83. The lowest BCUT2D eigenvalue weighted by Gasteiger charge is -2.14. The van der Waals surface area contributed by atoms with E-state index in [1.807, 2.05) is 19.9 Å². The van der Waals surface area contributed by atoms with Crippen LogP contribution in [0.4, 0.5) is 0 Å². The van der Waals surface area contributed by atoms with Crippen molar-refractivity contribution in [2.45, 2.75) is 19.9 Å². The molecule has 0 bridgehead atoms. The van der Waals surface area contributed by atoms with E-state index in [-0.39, 0.29) is 11.6 Å². The lowest BCUT2D eigenvalue weighted by molar-refractivity contribution is 0.418. The van der Waals surface area contributed by atoms with Crippen LogP contribution in [0.2, 0.25) is 0 Å². The summed E-state index contributed by atoms with van der Waals surface area (Å²) in [6.07, 6.45) is 3.29. The van der Waals surface area contributed by atoms with Gasteiger partial charge < -0.3 is 9.72 Å². The van der Waals surface area contributed by atoms with Crippen LogP contribution < -0.4 is 10.3 Å². The minimum Gasteiger partial charge on any atom is -0.496 e. The topological polar surface area (TPSA) is 72.8 Å². The van der Waals surface area contributed by atoms with E-state index in [0.29, 0.717) is 16.7 Å². The Hall–Kier alpha value is -2.63. The Balaban J connectivity index is 2.20. The summed E-state index contributed by atoms with van der Waals surface area (Å²) in [5.74, 6) is 1.26. The molecule has 2 heterocycles. The van der Waals surface area contributed by atoms with Gasteiger partial charge in [-0.05, 0) is 26.0 Å². The normalized spacial score (nSPS) is 12.5. The molecule has 0 spiro atoms. The molecule has 1 unspecified atom stereocenters. The molecular weight excluding hydrogens is 268 g/mol. The third-order valence-corrected chi connectivity index (χ3v) is 3.53. The summed E-state index contributed by atoms with van der Waals surface area (Å²) in [5.41, 5.74) is 1.44. The van der Waals surface area contributed by atoms with Gasteiger partial charge in [0.1, 0.15) is 17.0 Å². The summed E-state index contributed by atoms with van der Waals surface area (Å²) in [4.78, 5) is 24.5. The summed E-state index contributed by atoms with van der Waals surface area (Å²) in [6.45, 7) is 3.83. The third-order valence-electron chi connectivity index (χ3n) is 3.53. The van der Waals surface area contributed by atoms with E-state index in [1.165, 1.54) is 0 Å². The van der Waals surface area contributed by atoms with Gasteiger partial charge in [0.2, 0.25) is 0 Å². The van der Waals surface area contributed by atoms with Gasteiger partial charge in [0.25, 0.3) is 5.56 Å². The molecular formula is C15H16N4O2. The molecule has 0 saturated heterocycles. The van der Waals surface area contributed by atoms with Crippen LogP contribution in [0.3, 0.4) is 0 Å².